The van der Waals surface area contributed by atoms with E-state index in [2.05, 4.69) is 28.9 Å². The second-order valence-corrected chi connectivity index (χ2v) is 5.93. The van der Waals surface area contributed by atoms with E-state index >= 15 is 0 Å². The Bertz CT molecular complexity index is 599. The molecule has 21 heavy (non-hydrogen) atoms. The Balaban J connectivity index is 1.58. The first-order valence-electron chi connectivity index (χ1n) is 7.74. The van der Waals surface area contributed by atoms with Crippen molar-refractivity contribution in [1.82, 2.24) is 4.90 Å². The number of hydrogen-bond acceptors (Lipinski definition) is 2. The molecule has 2 N–H and O–H groups in total. The van der Waals surface area contributed by atoms with E-state index in [-0.39, 0.29) is 0 Å². The number of aliphatic imine (C=N–C) groups is 1. The van der Waals surface area contributed by atoms with Crippen molar-refractivity contribution in [2.24, 2.45) is 16.6 Å². The van der Waals surface area contributed by atoms with Crippen LogP contribution in [0.1, 0.15) is 25.5 Å². The summed E-state index contributed by atoms with van der Waals surface area (Å²) >= 11 is 0. The lowest BCUT2D eigenvalue weighted by Gasteiger charge is -2.31. The van der Waals surface area contributed by atoms with Gasteiger partial charge in [-0.1, -0.05) is 25.1 Å². The van der Waals surface area contributed by atoms with Crippen molar-refractivity contribution in [2.75, 3.05) is 19.6 Å². The Morgan fingerprint density at radius 3 is 3.10 bits per heavy atom. The maximum atomic E-state index is 6.10. The van der Waals surface area contributed by atoms with E-state index in [9.17, 15) is 0 Å². The molecule has 0 radical (unpaired) electrons. The van der Waals surface area contributed by atoms with E-state index in [1.54, 1.807) is 0 Å². The number of furan rings is 1. The third kappa shape index (κ3) is 3.38. The summed E-state index contributed by atoms with van der Waals surface area (Å²) in [7, 11) is 0. The van der Waals surface area contributed by atoms with Gasteiger partial charge < -0.3 is 15.1 Å². The van der Waals surface area contributed by atoms with Crippen LogP contribution in [0, 0.1) is 5.92 Å². The molecule has 2 heterocycles. The first-order valence-corrected chi connectivity index (χ1v) is 7.74. The van der Waals surface area contributed by atoms with E-state index in [1.165, 1.54) is 12.8 Å². The number of guanidine groups is 1. The van der Waals surface area contributed by atoms with E-state index in [1.807, 2.05) is 18.2 Å². The lowest BCUT2D eigenvalue weighted by Crippen LogP contribution is -2.43. The SMILES string of the molecule is CC1CCCN(C(N)=NCCc2cc3ccccc3o2)C1. The first-order chi connectivity index (χ1) is 10.2. The summed E-state index contributed by atoms with van der Waals surface area (Å²) in [5.74, 6) is 2.36. The Hall–Kier alpha value is -1.97. The second kappa shape index (κ2) is 6.20. The lowest BCUT2D eigenvalue weighted by atomic mass is 10.0. The van der Waals surface area contributed by atoms with Crippen LogP contribution in [-0.2, 0) is 6.42 Å². The Labute approximate surface area is 125 Å². The summed E-state index contributed by atoms with van der Waals surface area (Å²) in [5, 5.41) is 1.15. The molecule has 0 spiro atoms. The number of hydrogen-bond donors (Lipinski definition) is 1. The third-order valence-corrected chi connectivity index (χ3v) is 4.09. The van der Waals surface area contributed by atoms with Crippen molar-refractivity contribution in [2.45, 2.75) is 26.2 Å². The zero-order valence-corrected chi connectivity index (χ0v) is 12.6. The fourth-order valence-electron chi connectivity index (χ4n) is 2.94. The zero-order valence-electron chi connectivity index (χ0n) is 12.6. The number of fused-ring (bicyclic) bond motifs is 1. The molecular weight excluding hydrogens is 262 g/mol. The molecule has 0 aliphatic carbocycles. The smallest absolute Gasteiger partial charge is 0.191 e. The minimum Gasteiger partial charge on any atom is -0.461 e. The summed E-state index contributed by atoms with van der Waals surface area (Å²) in [4.78, 5) is 6.71. The van der Waals surface area contributed by atoms with Crippen molar-refractivity contribution in [3.8, 4) is 0 Å². The fraction of sp³-hybridized carbons (Fsp3) is 0.471. The molecule has 4 nitrogen and oxygen atoms in total. The van der Waals surface area contributed by atoms with Gasteiger partial charge >= 0.3 is 0 Å². The molecule has 2 aromatic rings. The van der Waals surface area contributed by atoms with Crippen LogP contribution in [0.3, 0.4) is 0 Å². The summed E-state index contributed by atoms with van der Waals surface area (Å²) in [6, 6.07) is 10.2. The monoisotopic (exact) mass is 285 g/mol. The molecule has 4 heteroatoms. The minimum absolute atomic E-state index is 0.677. The molecule has 0 bridgehead atoms. The topological polar surface area (TPSA) is 54.8 Å². The highest BCUT2D eigenvalue weighted by Crippen LogP contribution is 2.19. The number of likely N-dealkylation sites (tertiary alicyclic amines) is 1. The highest BCUT2D eigenvalue weighted by molar-refractivity contribution is 5.78. The van der Waals surface area contributed by atoms with Crippen molar-refractivity contribution in [3.63, 3.8) is 0 Å². The van der Waals surface area contributed by atoms with E-state index < -0.39 is 0 Å². The Kier molecular flexibility index (Phi) is 4.13. The van der Waals surface area contributed by atoms with Gasteiger partial charge in [-0.2, -0.15) is 0 Å². The van der Waals surface area contributed by atoms with Crippen LogP contribution in [0.2, 0.25) is 0 Å². The molecule has 3 rings (SSSR count). The number of nitrogens with two attached hydrogens (primary N) is 1. The number of rotatable bonds is 3. The lowest BCUT2D eigenvalue weighted by molar-refractivity contribution is 0.270. The zero-order chi connectivity index (χ0) is 14.7. The Morgan fingerprint density at radius 1 is 1.43 bits per heavy atom. The fourth-order valence-corrected chi connectivity index (χ4v) is 2.94. The summed E-state index contributed by atoms with van der Waals surface area (Å²) in [5.41, 5.74) is 7.03. The molecule has 1 atom stereocenters. The first kappa shape index (κ1) is 14.0. The van der Waals surface area contributed by atoms with E-state index in [4.69, 9.17) is 10.2 Å². The van der Waals surface area contributed by atoms with Gasteiger partial charge in [-0.25, -0.2) is 0 Å². The second-order valence-electron chi connectivity index (χ2n) is 5.93. The van der Waals surface area contributed by atoms with Crippen LogP contribution in [-0.4, -0.2) is 30.5 Å². The van der Waals surface area contributed by atoms with Gasteiger partial charge in [0.2, 0.25) is 0 Å². The van der Waals surface area contributed by atoms with Crippen molar-refractivity contribution in [3.05, 3.63) is 36.1 Å². The van der Waals surface area contributed by atoms with Gasteiger partial charge in [0, 0.05) is 31.4 Å². The number of piperidine rings is 1. The largest absolute Gasteiger partial charge is 0.461 e. The van der Waals surface area contributed by atoms with Gasteiger partial charge in [-0.15, -0.1) is 0 Å². The van der Waals surface area contributed by atoms with E-state index in [0.29, 0.717) is 18.4 Å². The number of para-hydroxylation sites is 1. The van der Waals surface area contributed by atoms with Crippen LogP contribution in [0.15, 0.2) is 39.7 Å². The number of benzene rings is 1. The van der Waals surface area contributed by atoms with Gasteiger partial charge in [0.25, 0.3) is 0 Å². The van der Waals surface area contributed by atoms with Crippen molar-refractivity contribution >= 4 is 16.9 Å². The van der Waals surface area contributed by atoms with Gasteiger partial charge in [0.1, 0.15) is 11.3 Å². The Morgan fingerprint density at radius 2 is 2.29 bits per heavy atom. The number of nitrogens with zero attached hydrogens (tertiary/aromatic N) is 2. The summed E-state index contributed by atoms with van der Waals surface area (Å²) < 4.78 is 5.79. The van der Waals surface area contributed by atoms with Gasteiger partial charge in [-0.3, -0.25) is 4.99 Å². The highest BCUT2D eigenvalue weighted by Gasteiger charge is 2.17. The molecule has 1 unspecified atom stereocenters. The maximum Gasteiger partial charge on any atom is 0.191 e. The van der Waals surface area contributed by atoms with Gasteiger partial charge in [-0.05, 0) is 30.9 Å². The van der Waals surface area contributed by atoms with E-state index in [0.717, 1.165) is 36.2 Å². The van der Waals surface area contributed by atoms with Crippen LogP contribution < -0.4 is 5.73 Å². The molecule has 0 saturated carbocycles. The molecule has 1 aliphatic heterocycles. The molecule has 1 aromatic carbocycles. The van der Waals surface area contributed by atoms with Crippen LogP contribution >= 0.6 is 0 Å². The molecule has 1 saturated heterocycles. The van der Waals surface area contributed by atoms with Gasteiger partial charge in [0.05, 0.1) is 0 Å². The summed E-state index contributed by atoms with van der Waals surface area (Å²) in [6.07, 6.45) is 3.29. The molecule has 1 aliphatic rings. The normalized spacial score (nSPS) is 20.1. The highest BCUT2D eigenvalue weighted by atomic mass is 16.3. The van der Waals surface area contributed by atoms with Crippen molar-refractivity contribution in [1.29, 1.82) is 0 Å². The quantitative estimate of drug-likeness (QED) is 0.696. The molecular formula is C17H23N3O. The maximum absolute atomic E-state index is 6.10. The van der Waals surface area contributed by atoms with Crippen LogP contribution in [0.5, 0.6) is 0 Å². The average Bonchev–Trinajstić information content (AvgIpc) is 2.89. The van der Waals surface area contributed by atoms with Crippen LogP contribution in [0.25, 0.3) is 11.0 Å². The minimum atomic E-state index is 0.677. The van der Waals surface area contributed by atoms with Crippen molar-refractivity contribution < 1.29 is 4.42 Å². The third-order valence-electron chi connectivity index (χ3n) is 4.09. The molecule has 1 fully saturated rings. The van der Waals surface area contributed by atoms with Crippen LogP contribution in [0.4, 0.5) is 0 Å². The predicted molar refractivity (Wildman–Crippen MR) is 86.4 cm³/mol. The molecule has 1 aromatic heterocycles. The molecule has 0 amide bonds. The predicted octanol–water partition coefficient (Wildman–Crippen LogP) is 3.02. The standard InChI is InChI=1S/C17H23N3O/c1-13-5-4-10-20(12-13)17(18)19-9-8-15-11-14-6-2-3-7-16(14)21-15/h2-3,6-7,11,13H,4-5,8-10,12H2,1H3,(H2,18,19). The molecule has 112 valence electrons. The van der Waals surface area contributed by atoms with Gasteiger partial charge in [0.15, 0.2) is 5.96 Å². The summed E-state index contributed by atoms with van der Waals surface area (Å²) in [6.45, 7) is 5.01. The average molecular weight is 285 g/mol.